The van der Waals surface area contributed by atoms with Gasteiger partial charge in [-0.05, 0) is 31.5 Å². The van der Waals surface area contributed by atoms with E-state index in [1.165, 1.54) is 0 Å². The van der Waals surface area contributed by atoms with Gasteiger partial charge in [-0.1, -0.05) is 18.2 Å². The molecule has 3 N–H and O–H groups in total. The lowest BCUT2D eigenvalue weighted by molar-refractivity contribution is 0.0958. The first kappa shape index (κ1) is 18.4. The van der Waals surface area contributed by atoms with Crippen LogP contribution in [0.4, 0.5) is 5.00 Å². The Morgan fingerprint density at radius 1 is 1.30 bits per heavy atom. The highest BCUT2D eigenvalue weighted by Gasteiger charge is 2.22. The molecule has 0 aliphatic heterocycles. The number of fused-ring (bicyclic) bond motifs is 1. The van der Waals surface area contributed by atoms with Gasteiger partial charge in [0, 0.05) is 11.9 Å². The lowest BCUT2D eigenvalue weighted by Gasteiger charge is -2.05. The van der Waals surface area contributed by atoms with Gasteiger partial charge in [0.15, 0.2) is 0 Å². The third-order valence-corrected chi connectivity index (χ3v) is 5.16. The number of carbonyl (C=O) groups is 2. The molecule has 0 aliphatic carbocycles. The van der Waals surface area contributed by atoms with Crippen molar-refractivity contribution in [3.8, 4) is 6.07 Å². The molecule has 0 saturated carbocycles. The number of nitrogens with one attached hydrogen (secondary N) is 3. The minimum Gasteiger partial charge on any atom is -0.438 e. The fourth-order valence-corrected chi connectivity index (χ4v) is 3.68. The van der Waals surface area contributed by atoms with Crippen molar-refractivity contribution in [2.45, 2.75) is 13.8 Å². The topological polar surface area (TPSA) is 119 Å². The number of thiophene rings is 1. The molecular formula is C19H16N4O3S. The van der Waals surface area contributed by atoms with Crippen molar-refractivity contribution < 1.29 is 14.0 Å². The molecule has 0 saturated heterocycles. The van der Waals surface area contributed by atoms with E-state index in [2.05, 4.69) is 10.6 Å². The molecule has 7 nitrogen and oxygen atoms in total. The first-order valence-corrected chi connectivity index (χ1v) is 8.98. The summed E-state index contributed by atoms with van der Waals surface area (Å²) in [6.45, 7) is 3.92. The molecule has 0 aliphatic rings. The number of nitrogens with zero attached hydrogens (tertiary/aromatic N) is 1. The molecule has 27 heavy (non-hydrogen) atoms. The molecule has 8 heteroatoms. The van der Waals surface area contributed by atoms with E-state index >= 15 is 0 Å². The Morgan fingerprint density at radius 2 is 2.04 bits per heavy atom. The Bertz CT molecular complexity index is 1150. The number of hydrogen-bond acceptors (Lipinski definition) is 6. The highest BCUT2D eigenvalue weighted by molar-refractivity contribution is 7.18. The minimum absolute atomic E-state index is 0.0446. The lowest BCUT2D eigenvalue weighted by Crippen LogP contribution is -2.22. The molecule has 0 spiro atoms. The van der Waals surface area contributed by atoms with E-state index in [9.17, 15) is 14.9 Å². The third-order valence-electron chi connectivity index (χ3n) is 3.95. The second kappa shape index (κ2) is 7.43. The SMILES string of the molecule is CCNC(=O)c1sc(NC(=O)c2cc3ccccc3oc2=N)c(C#N)c1C. The fraction of sp³-hybridized carbons (Fsp3) is 0.158. The first-order valence-electron chi connectivity index (χ1n) is 8.16. The maximum Gasteiger partial charge on any atom is 0.261 e. The minimum atomic E-state index is -0.574. The lowest BCUT2D eigenvalue weighted by atomic mass is 10.1. The van der Waals surface area contributed by atoms with Crippen LogP contribution in [0, 0.1) is 23.7 Å². The average Bonchev–Trinajstić information content (AvgIpc) is 2.96. The summed E-state index contributed by atoms with van der Waals surface area (Å²) in [4.78, 5) is 25.2. The van der Waals surface area contributed by atoms with Crippen molar-refractivity contribution in [3.05, 3.63) is 57.5 Å². The van der Waals surface area contributed by atoms with Gasteiger partial charge in [-0.2, -0.15) is 5.26 Å². The number of carbonyl (C=O) groups excluding carboxylic acids is 2. The van der Waals surface area contributed by atoms with Crippen LogP contribution in [0.25, 0.3) is 11.0 Å². The molecule has 0 fully saturated rings. The van der Waals surface area contributed by atoms with Gasteiger partial charge in [-0.15, -0.1) is 11.3 Å². The van der Waals surface area contributed by atoms with Crippen LogP contribution < -0.4 is 16.2 Å². The molecule has 3 aromatic rings. The highest BCUT2D eigenvalue weighted by Crippen LogP contribution is 2.32. The summed E-state index contributed by atoms with van der Waals surface area (Å²) in [6.07, 6.45) is 0. The monoisotopic (exact) mass is 380 g/mol. The molecule has 2 heterocycles. The Hall–Kier alpha value is -3.44. The van der Waals surface area contributed by atoms with Crippen LogP contribution in [0.15, 0.2) is 34.7 Å². The maximum absolute atomic E-state index is 12.7. The molecule has 0 unspecified atom stereocenters. The summed E-state index contributed by atoms with van der Waals surface area (Å²) in [5.41, 5.74) is 1.02. The Morgan fingerprint density at radius 3 is 2.74 bits per heavy atom. The summed E-state index contributed by atoms with van der Waals surface area (Å²) in [5.74, 6) is -0.867. The van der Waals surface area contributed by atoms with Crippen molar-refractivity contribution in [1.29, 1.82) is 10.7 Å². The molecule has 136 valence electrons. The average molecular weight is 380 g/mol. The van der Waals surface area contributed by atoms with Crippen LogP contribution in [0.5, 0.6) is 0 Å². The van der Waals surface area contributed by atoms with Gasteiger partial charge in [-0.25, -0.2) is 0 Å². The molecule has 1 aromatic carbocycles. The molecule has 0 radical (unpaired) electrons. The van der Waals surface area contributed by atoms with Crippen molar-refractivity contribution in [2.75, 3.05) is 11.9 Å². The van der Waals surface area contributed by atoms with Gasteiger partial charge in [0.2, 0.25) is 5.55 Å². The van der Waals surface area contributed by atoms with Crippen molar-refractivity contribution >= 4 is 39.1 Å². The Labute approximate surface area is 158 Å². The summed E-state index contributed by atoms with van der Waals surface area (Å²) in [6, 6.07) is 10.7. The third kappa shape index (κ3) is 3.45. The van der Waals surface area contributed by atoms with E-state index < -0.39 is 5.91 Å². The summed E-state index contributed by atoms with van der Waals surface area (Å²) in [7, 11) is 0. The van der Waals surface area contributed by atoms with Crippen molar-refractivity contribution in [2.24, 2.45) is 0 Å². The fourth-order valence-electron chi connectivity index (χ4n) is 2.61. The van der Waals surface area contributed by atoms with Crippen molar-refractivity contribution in [3.63, 3.8) is 0 Å². The van der Waals surface area contributed by atoms with Crippen LogP contribution in [-0.2, 0) is 0 Å². The van der Waals surface area contributed by atoms with Crippen LogP contribution >= 0.6 is 11.3 Å². The van der Waals surface area contributed by atoms with E-state index in [1.807, 2.05) is 6.07 Å². The van der Waals surface area contributed by atoms with Gasteiger partial charge in [0.25, 0.3) is 11.8 Å². The van der Waals surface area contributed by atoms with Crippen LogP contribution in [-0.4, -0.2) is 18.4 Å². The molecule has 2 aromatic heterocycles. The number of anilines is 1. The molecular weight excluding hydrogens is 364 g/mol. The molecule has 3 rings (SSSR count). The van der Waals surface area contributed by atoms with E-state index in [0.29, 0.717) is 28.0 Å². The van der Waals surface area contributed by atoms with Crippen LogP contribution in [0.1, 0.15) is 38.1 Å². The predicted octanol–water partition coefficient (Wildman–Crippen LogP) is 3.16. The smallest absolute Gasteiger partial charge is 0.261 e. The van der Waals surface area contributed by atoms with Gasteiger partial charge in [0.1, 0.15) is 22.2 Å². The van der Waals surface area contributed by atoms with E-state index in [-0.39, 0.29) is 27.6 Å². The normalized spacial score (nSPS) is 10.4. The zero-order chi connectivity index (χ0) is 19.6. The quantitative estimate of drug-likeness (QED) is 0.644. The second-order valence-electron chi connectivity index (χ2n) is 5.71. The number of para-hydroxylation sites is 1. The molecule has 0 atom stereocenters. The summed E-state index contributed by atoms with van der Waals surface area (Å²) < 4.78 is 5.39. The number of amides is 2. The molecule has 0 bridgehead atoms. The van der Waals surface area contributed by atoms with Crippen LogP contribution in [0.3, 0.4) is 0 Å². The molecule has 2 amide bonds. The number of hydrogen-bond donors (Lipinski definition) is 3. The highest BCUT2D eigenvalue weighted by atomic mass is 32.1. The van der Waals surface area contributed by atoms with E-state index in [0.717, 1.165) is 11.3 Å². The van der Waals surface area contributed by atoms with Gasteiger partial charge >= 0.3 is 0 Å². The second-order valence-corrected chi connectivity index (χ2v) is 6.73. The van der Waals surface area contributed by atoms with Crippen molar-refractivity contribution in [1.82, 2.24) is 5.32 Å². The number of benzene rings is 1. The standard InChI is InChI=1S/C19H16N4O3S/c1-3-22-18(25)15-10(2)13(9-20)19(27-15)23-17(24)12-8-11-6-4-5-7-14(11)26-16(12)21/h4-8,21H,3H2,1-2H3,(H,22,25)(H,23,24). The van der Waals surface area contributed by atoms with Gasteiger partial charge in [-0.3, -0.25) is 15.0 Å². The first-order chi connectivity index (χ1) is 13.0. The number of rotatable bonds is 4. The predicted molar refractivity (Wildman–Crippen MR) is 102 cm³/mol. The summed E-state index contributed by atoms with van der Waals surface area (Å²) in [5, 5.41) is 23.7. The number of nitriles is 1. The largest absolute Gasteiger partial charge is 0.438 e. The summed E-state index contributed by atoms with van der Waals surface area (Å²) >= 11 is 1.03. The Balaban J connectivity index is 1.98. The maximum atomic E-state index is 12.7. The van der Waals surface area contributed by atoms with Gasteiger partial charge in [0.05, 0.1) is 10.4 Å². The zero-order valence-corrected chi connectivity index (χ0v) is 15.5. The van der Waals surface area contributed by atoms with E-state index in [1.54, 1.807) is 44.2 Å². The van der Waals surface area contributed by atoms with E-state index in [4.69, 9.17) is 9.83 Å². The van der Waals surface area contributed by atoms with Crippen LogP contribution in [0.2, 0.25) is 0 Å². The Kier molecular flexibility index (Phi) is 5.05. The zero-order valence-electron chi connectivity index (χ0n) is 14.7. The van der Waals surface area contributed by atoms with Gasteiger partial charge < -0.3 is 15.1 Å².